The Hall–Kier alpha value is -1.61. The van der Waals surface area contributed by atoms with Gasteiger partial charge in [-0.2, -0.15) is 0 Å². The van der Waals surface area contributed by atoms with Gasteiger partial charge in [0.1, 0.15) is 6.29 Å². The van der Waals surface area contributed by atoms with Gasteiger partial charge < -0.3 is 5.32 Å². The Balaban J connectivity index is 2.25. The number of carbonyl (C=O) groups excluding carboxylic acids is 2. The number of halogens is 1. The van der Waals surface area contributed by atoms with Crippen molar-refractivity contribution in [3.05, 3.63) is 40.1 Å². The predicted molar refractivity (Wildman–Crippen MR) is 67.4 cm³/mol. The molecular formula is C13H12ClNO2. The van der Waals surface area contributed by atoms with Crippen molar-refractivity contribution in [2.45, 2.75) is 19.8 Å². The molecular weight excluding hydrogens is 238 g/mol. The normalized spacial score (nSPS) is 15.3. The summed E-state index contributed by atoms with van der Waals surface area (Å²) in [6.45, 7) is 1.81. The fourth-order valence-electron chi connectivity index (χ4n) is 1.81. The SMILES string of the molecule is CC1=C(Nc2ccc(C=O)cc2Cl)CCC1=O. The third-order valence-electron chi connectivity index (χ3n) is 2.89. The van der Waals surface area contributed by atoms with Crippen molar-refractivity contribution in [2.75, 3.05) is 5.32 Å². The predicted octanol–water partition coefficient (Wildman–Crippen LogP) is 3.20. The van der Waals surface area contributed by atoms with E-state index in [1.165, 1.54) is 0 Å². The van der Waals surface area contributed by atoms with Gasteiger partial charge in [0.15, 0.2) is 5.78 Å². The zero-order valence-corrected chi connectivity index (χ0v) is 10.2. The summed E-state index contributed by atoms with van der Waals surface area (Å²) in [4.78, 5) is 22.0. The lowest BCUT2D eigenvalue weighted by Crippen LogP contribution is -2.00. The molecule has 0 unspecified atom stereocenters. The Labute approximate surface area is 104 Å². The number of ketones is 1. The monoisotopic (exact) mass is 249 g/mol. The Morgan fingerprint density at radius 3 is 2.65 bits per heavy atom. The standard InChI is InChI=1S/C13H12ClNO2/c1-8-11(4-5-13(8)17)15-12-3-2-9(7-16)6-10(12)14/h2-3,6-7,15H,4-5H2,1H3. The van der Waals surface area contributed by atoms with Gasteiger partial charge in [0.25, 0.3) is 0 Å². The highest BCUT2D eigenvalue weighted by molar-refractivity contribution is 6.33. The van der Waals surface area contributed by atoms with E-state index in [0.29, 0.717) is 17.0 Å². The van der Waals surface area contributed by atoms with Crippen molar-refractivity contribution < 1.29 is 9.59 Å². The van der Waals surface area contributed by atoms with E-state index in [9.17, 15) is 9.59 Å². The van der Waals surface area contributed by atoms with Crippen molar-refractivity contribution in [1.82, 2.24) is 0 Å². The lowest BCUT2D eigenvalue weighted by molar-refractivity contribution is -0.114. The molecule has 0 aliphatic heterocycles. The first-order valence-electron chi connectivity index (χ1n) is 5.36. The van der Waals surface area contributed by atoms with E-state index in [1.807, 2.05) is 6.92 Å². The molecule has 17 heavy (non-hydrogen) atoms. The second-order valence-electron chi connectivity index (χ2n) is 4.01. The summed E-state index contributed by atoms with van der Waals surface area (Å²) in [5.74, 6) is 0.174. The number of hydrogen-bond donors (Lipinski definition) is 1. The van der Waals surface area contributed by atoms with E-state index in [1.54, 1.807) is 18.2 Å². The van der Waals surface area contributed by atoms with Crippen LogP contribution in [-0.2, 0) is 4.79 Å². The molecule has 0 atom stereocenters. The number of aldehydes is 1. The number of allylic oxidation sites excluding steroid dienone is 2. The summed E-state index contributed by atoms with van der Waals surface area (Å²) < 4.78 is 0. The minimum absolute atomic E-state index is 0.174. The van der Waals surface area contributed by atoms with Crippen molar-refractivity contribution >= 4 is 29.4 Å². The van der Waals surface area contributed by atoms with Crippen LogP contribution in [0.2, 0.25) is 5.02 Å². The molecule has 1 aliphatic rings. The number of rotatable bonds is 3. The molecule has 88 valence electrons. The summed E-state index contributed by atoms with van der Waals surface area (Å²) >= 11 is 6.04. The maximum Gasteiger partial charge on any atom is 0.160 e. The molecule has 4 heteroatoms. The maximum atomic E-state index is 11.4. The number of anilines is 1. The first-order chi connectivity index (χ1) is 8.11. The number of carbonyl (C=O) groups is 2. The van der Waals surface area contributed by atoms with Crippen LogP contribution < -0.4 is 5.32 Å². The number of Topliss-reactive ketones (excluding diaryl/α,β-unsaturated/α-hetero) is 1. The van der Waals surface area contributed by atoms with Gasteiger partial charge in [0.05, 0.1) is 10.7 Å². The van der Waals surface area contributed by atoms with Crippen LogP contribution >= 0.6 is 11.6 Å². The molecule has 0 fully saturated rings. The third-order valence-corrected chi connectivity index (χ3v) is 3.20. The molecule has 1 aromatic rings. The first kappa shape index (κ1) is 11.9. The molecule has 0 saturated carbocycles. The lowest BCUT2D eigenvalue weighted by atomic mass is 10.2. The smallest absolute Gasteiger partial charge is 0.160 e. The largest absolute Gasteiger partial charge is 0.357 e. The van der Waals surface area contributed by atoms with Crippen molar-refractivity contribution in [1.29, 1.82) is 0 Å². The Morgan fingerprint density at radius 2 is 2.12 bits per heavy atom. The molecule has 0 radical (unpaired) electrons. The Morgan fingerprint density at radius 1 is 1.35 bits per heavy atom. The summed E-state index contributed by atoms with van der Waals surface area (Å²) in [6.07, 6.45) is 2.02. The van der Waals surface area contributed by atoms with Gasteiger partial charge in [-0.25, -0.2) is 0 Å². The van der Waals surface area contributed by atoms with E-state index < -0.39 is 0 Å². The van der Waals surface area contributed by atoms with E-state index >= 15 is 0 Å². The summed E-state index contributed by atoms with van der Waals surface area (Å²) in [5, 5.41) is 3.63. The van der Waals surface area contributed by atoms with Gasteiger partial charge in [-0.15, -0.1) is 0 Å². The molecule has 1 aromatic carbocycles. The molecule has 0 heterocycles. The first-order valence-corrected chi connectivity index (χ1v) is 5.74. The average molecular weight is 250 g/mol. The zero-order valence-electron chi connectivity index (χ0n) is 9.42. The van der Waals surface area contributed by atoms with E-state index in [4.69, 9.17) is 11.6 Å². The second-order valence-corrected chi connectivity index (χ2v) is 4.42. The van der Waals surface area contributed by atoms with E-state index in [2.05, 4.69) is 5.32 Å². The van der Waals surface area contributed by atoms with Crippen LogP contribution in [-0.4, -0.2) is 12.1 Å². The fourth-order valence-corrected chi connectivity index (χ4v) is 2.04. The van der Waals surface area contributed by atoms with Crippen LogP contribution in [0.25, 0.3) is 0 Å². The quantitative estimate of drug-likeness (QED) is 0.837. The van der Waals surface area contributed by atoms with Crippen molar-refractivity contribution in [3.63, 3.8) is 0 Å². The highest BCUT2D eigenvalue weighted by atomic mass is 35.5. The molecule has 0 spiro atoms. The summed E-state index contributed by atoms with van der Waals surface area (Å²) in [5.41, 5.74) is 2.94. The summed E-state index contributed by atoms with van der Waals surface area (Å²) in [7, 11) is 0. The fraction of sp³-hybridized carbons (Fsp3) is 0.231. The number of hydrogen-bond acceptors (Lipinski definition) is 3. The number of benzene rings is 1. The minimum Gasteiger partial charge on any atom is -0.357 e. The van der Waals surface area contributed by atoms with Gasteiger partial charge >= 0.3 is 0 Å². The van der Waals surface area contributed by atoms with Crippen molar-refractivity contribution in [3.8, 4) is 0 Å². The van der Waals surface area contributed by atoms with Crippen LogP contribution in [0.3, 0.4) is 0 Å². The zero-order chi connectivity index (χ0) is 12.4. The van der Waals surface area contributed by atoms with Gasteiger partial charge in [-0.05, 0) is 31.5 Å². The Bertz CT molecular complexity index is 520. The van der Waals surface area contributed by atoms with Gasteiger partial charge in [0, 0.05) is 23.3 Å². The third kappa shape index (κ3) is 2.39. The second kappa shape index (κ2) is 4.72. The van der Waals surface area contributed by atoms with E-state index in [0.717, 1.165) is 29.7 Å². The molecule has 3 nitrogen and oxygen atoms in total. The highest BCUT2D eigenvalue weighted by Gasteiger charge is 2.19. The summed E-state index contributed by atoms with van der Waals surface area (Å²) in [6, 6.07) is 5.03. The molecule has 1 N–H and O–H groups in total. The van der Waals surface area contributed by atoms with Gasteiger partial charge in [-0.1, -0.05) is 11.6 Å². The molecule has 2 rings (SSSR count). The van der Waals surface area contributed by atoms with Crippen LogP contribution in [0.5, 0.6) is 0 Å². The minimum atomic E-state index is 0.174. The van der Waals surface area contributed by atoms with Crippen LogP contribution in [0.1, 0.15) is 30.1 Å². The highest BCUT2D eigenvalue weighted by Crippen LogP contribution is 2.28. The molecule has 0 saturated heterocycles. The van der Waals surface area contributed by atoms with Gasteiger partial charge in [0.2, 0.25) is 0 Å². The maximum absolute atomic E-state index is 11.4. The van der Waals surface area contributed by atoms with Crippen LogP contribution in [0.4, 0.5) is 5.69 Å². The molecule has 0 bridgehead atoms. The van der Waals surface area contributed by atoms with E-state index in [-0.39, 0.29) is 5.78 Å². The van der Waals surface area contributed by atoms with Crippen molar-refractivity contribution in [2.24, 2.45) is 0 Å². The average Bonchev–Trinajstić information content (AvgIpc) is 2.63. The molecule has 0 amide bonds. The van der Waals surface area contributed by atoms with Crippen LogP contribution in [0.15, 0.2) is 29.5 Å². The van der Waals surface area contributed by atoms with Crippen LogP contribution in [0, 0.1) is 0 Å². The topological polar surface area (TPSA) is 46.2 Å². The van der Waals surface area contributed by atoms with Gasteiger partial charge in [-0.3, -0.25) is 9.59 Å². The number of nitrogens with one attached hydrogen (secondary N) is 1. The Kier molecular flexibility index (Phi) is 3.29. The molecule has 0 aromatic heterocycles. The molecule has 1 aliphatic carbocycles. The lowest BCUT2D eigenvalue weighted by Gasteiger charge is -2.10.